The van der Waals surface area contributed by atoms with Crippen LogP contribution in [0.15, 0.2) is 23.4 Å². The van der Waals surface area contributed by atoms with E-state index in [1.807, 2.05) is 0 Å². The minimum Gasteiger partial charge on any atom is -0.481 e. The summed E-state index contributed by atoms with van der Waals surface area (Å²) < 4.78 is 24.4. The van der Waals surface area contributed by atoms with Crippen molar-refractivity contribution in [1.82, 2.24) is 4.90 Å². The summed E-state index contributed by atoms with van der Waals surface area (Å²) in [6, 6.07) is 4.36. The number of hydrogen-bond donors (Lipinski definition) is 0. The molecule has 0 atom stereocenters. The molecule has 0 N–H and O–H groups in total. The number of ether oxygens (including phenoxy) is 2. The van der Waals surface area contributed by atoms with Gasteiger partial charge in [0.1, 0.15) is 18.2 Å². The molecule has 4 rings (SSSR count). The number of benzene rings is 1. The van der Waals surface area contributed by atoms with E-state index in [0.29, 0.717) is 24.6 Å². The quantitative estimate of drug-likeness (QED) is 0.557. The largest absolute Gasteiger partial charge is 0.481 e. The number of oxime groups is 1. The highest BCUT2D eigenvalue weighted by molar-refractivity contribution is 5.97. The first-order valence-electron chi connectivity index (χ1n) is 11.5. The zero-order chi connectivity index (χ0) is 21.5. The zero-order valence-corrected chi connectivity index (χ0v) is 18.1. The molecule has 8 heteroatoms. The lowest BCUT2D eigenvalue weighted by Gasteiger charge is -2.33. The highest BCUT2D eigenvalue weighted by atomic mass is 19.1. The van der Waals surface area contributed by atoms with Gasteiger partial charge in [-0.2, -0.15) is 0 Å². The average molecular weight is 434 g/mol. The number of carbonyl (C=O) groups excluding carboxylic acids is 1. The van der Waals surface area contributed by atoms with E-state index in [1.165, 1.54) is 37.8 Å². The third-order valence-corrected chi connectivity index (χ3v) is 6.28. The molecule has 0 aromatic heterocycles. The Kier molecular flexibility index (Phi) is 7.61. The molecule has 1 fully saturated rings. The van der Waals surface area contributed by atoms with Crippen molar-refractivity contribution in [3.8, 4) is 5.75 Å². The smallest absolute Gasteiger partial charge is 0.265 e. The van der Waals surface area contributed by atoms with Gasteiger partial charge in [-0.3, -0.25) is 4.79 Å². The molecule has 3 aliphatic rings. The maximum absolute atomic E-state index is 13.4. The molecule has 0 aliphatic carbocycles. The fraction of sp³-hybridized carbons (Fsp3) is 0.652. The van der Waals surface area contributed by atoms with E-state index in [4.69, 9.17) is 14.3 Å². The fourth-order valence-corrected chi connectivity index (χ4v) is 4.49. The Bertz CT molecular complexity index is 780. The summed E-state index contributed by atoms with van der Waals surface area (Å²) in [6.45, 7) is 5.21. The molecular formula is C23H32FN3O4. The van der Waals surface area contributed by atoms with Crippen LogP contribution in [0.2, 0.25) is 0 Å². The molecular weight excluding hydrogens is 401 g/mol. The molecule has 0 saturated carbocycles. The molecule has 7 nitrogen and oxygen atoms in total. The lowest BCUT2D eigenvalue weighted by molar-refractivity contribution is -0.121. The second-order valence-electron chi connectivity index (χ2n) is 8.50. The van der Waals surface area contributed by atoms with Gasteiger partial charge in [0.2, 0.25) is 5.90 Å². The van der Waals surface area contributed by atoms with Crippen molar-refractivity contribution >= 4 is 17.5 Å². The van der Waals surface area contributed by atoms with Crippen LogP contribution < -0.4 is 9.64 Å². The SMILES string of the molecule is O=C1COc2cc(F)ccc2N1CCCN1CCC(CCCCOC2=NOCC2)CC1. The van der Waals surface area contributed by atoms with Crippen LogP contribution in [0.3, 0.4) is 0 Å². The van der Waals surface area contributed by atoms with Gasteiger partial charge >= 0.3 is 0 Å². The Labute approximate surface area is 183 Å². The van der Waals surface area contributed by atoms with E-state index in [-0.39, 0.29) is 18.3 Å². The summed E-state index contributed by atoms with van der Waals surface area (Å²) in [5, 5.41) is 3.85. The summed E-state index contributed by atoms with van der Waals surface area (Å²) in [5.41, 5.74) is 0.674. The maximum atomic E-state index is 13.4. The summed E-state index contributed by atoms with van der Waals surface area (Å²) in [6.07, 6.45) is 7.69. The van der Waals surface area contributed by atoms with Crippen molar-refractivity contribution in [3.63, 3.8) is 0 Å². The Morgan fingerprint density at radius 1 is 1.16 bits per heavy atom. The topological polar surface area (TPSA) is 63.6 Å². The molecule has 3 aliphatic heterocycles. The second kappa shape index (κ2) is 10.8. The monoisotopic (exact) mass is 433 g/mol. The van der Waals surface area contributed by atoms with Crippen LogP contribution >= 0.6 is 0 Å². The first-order valence-corrected chi connectivity index (χ1v) is 11.5. The number of likely N-dealkylation sites (tertiary alicyclic amines) is 1. The van der Waals surface area contributed by atoms with Crippen LogP contribution in [-0.2, 0) is 14.4 Å². The normalized spacial score (nSPS) is 19.6. The Balaban J connectivity index is 1.10. The van der Waals surface area contributed by atoms with Gasteiger partial charge < -0.3 is 24.1 Å². The number of piperidine rings is 1. The van der Waals surface area contributed by atoms with Crippen LogP contribution in [0, 0.1) is 11.7 Å². The lowest BCUT2D eigenvalue weighted by Crippen LogP contribution is -2.41. The van der Waals surface area contributed by atoms with Gasteiger partial charge in [-0.1, -0.05) is 11.6 Å². The number of hydrogen-bond acceptors (Lipinski definition) is 6. The second-order valence-corrected chi connectivity index (χ2v) is 8.50. The van der Waals surface area contributed by atoms with Crippen molar-refractivity contribution in [2.45, 2.75) is 44.9 Å². The number of rotatable bonds is 9. The van der Waals surface area contributed by atoms with Gasteiger partial charge in [0.05, 0.1) is 18.7 Å². The summed E-state index contributed by atoms with van der Waals surface area (Å²) in [4.78, 5) is 21.4. The third kappa shape index (κ3) is 6.09. The van der Waals surface area contributed by atoms with E-state index in [1.54, 1.807) is 11.0 Å². The van der Waals surface area contributed by atoms with Crippen molar-refractivity contribution in [3.05, 3.63) is 24.0 Å². The zero-order valence-electron chi connectivity index (χ0n) is 18.1. The highest BCUT2D eigenvalue weighted by Crippen LogP contribution is 2.32. The number of anilines is 1. The molecule has 170 valence electrons. The van der Waals surface area contributed by atoms with Gasteiger partial charge in [0.25, 0.3) is 5.91 Å². The van der Waals surface area contributed by atoms with Crippen LogP contribution in [0.4, 0.5) is 10.1 Å². The fourth-order valence-electron chi connectivity index (χ4n) is 4.49. The number of nitrogens with zero attached hydrogens (tertiary/aromatic N) is 3. The first-order chi connectivity index (χ1) is 15.2. The summed E-state index contributed by atoms with van der Waals surface area (Å²) in [5.74, 6) is 1.58. The Morgan fingerprint density at radius 3 is 2.84 bits per heavy atom. The molecule has 0 bridgehead atoms. The van der Waals surface area contributed by atoms with Crippen molar-refractivity contribution in [2.24, 2.45) is 11.1 Å². The third-order valence-electron chi connectivity index (χ3n) is 6.28. The van der Waals surface area contributed by atoms with Crippen LogP contribution in [0.1, 0.15) is 44.9 Å². The van der Waals surface area contributed by atoms with Crippen molar-refractivity contribution in [2.75, 3.05) is 50.9 Å². The summed E-state index contributed by atoms with van der Waals surface area (Å²) in [7, 11) is 0. The molecule has 0 radical (unpaired) electrons. The Morgan fingerprint density at radius 2 is 2.03 bits per heavy atom. The predicted molar refractivity (Wildman–Crippen MR) is 116 cm³/mol. The predicted octanol–water partition coefficient (Wildman–Crippen LogP) is 3.57. The molecule has 1 aromatic carbocycles. The van der Waals surface area contributed by atoms with Gasteiger partial charge in [-0.15, -0.1) is 0 Å². The molecule has 1 aromatic rings. The highest BCUT2D eigenvalue weighted by Gasteiger charge is 2.26. The lowest BCUT2D eigenvalue weighted by atomic mass is 9.91. The van der Waals surface area contributed by atoms with E-state index >= 15 is 0 Å². The van der Waals surface area contributed by atoms with E-state index in [9.17, 15) is 9.18 Å². The minimum absolute atomic E-state index is 0.0191. The maximum Gasteiger partial charge on any atom is 0.265 e. The number of amides is 1. The summed E-state index contributed by atoms with van der Waals surface area (Å²) >= 11 is 0. The van der Waals surface area contributed by atoms with Crippen LogP contribution in [0.25, 0.3) is 0 Å². The number of halogens is 1. The molecule has 31 heavy (non-hydrogen) atoms. The number of fused-ring (bicyclic) bond motifs is 1. The van der Waals surface area contributed by atoms with Gasteiger partial charge in [0, 0.05) is 12.6 Å². The van der Waals surface area contributed by atoms with E-state index in [0.717, 1.165) is 57.3 Å². The van der Waals surface area contributed by atoms with Crippen LogP contribution in [0.5, 0.6) is 5.75 Å². The van der Waals surface area contributed by atoms with Crippen LogP contribution in [-0.4, -0.2) is 62.7 Å². The van der Waals surface area contributed by atoms with Gasteiger partial charge in [0.15, 0.2) is 6.61 Å². The molecule has 1 amide bonds. The minimum atomic E-state index is -0.346. The van der Waals surface area contributed by atoms with E-state index < -0.39 is 0 Å². The average Bonchev–Trinajstić information content (AvgIpc) is 3.30. The molecule has 0 unspecified atom stereocenters. The van der Waals surface area contributed by atoms with Gasteiger partial charge in [-0.05, 0) is 69.8 Å². The first kappa shape index (κ1) is 21.9. The number of carbonyl (C=O) groups is 1. The van der Waals surface area contributed by atoms with E-state index in [2.05, 4.69) is 10.1 Å². The molecule has 0 spiro atoms. The van der Waals surface area contributed by atoms with Crippen molar-refractivity contribution in [1.29, 1.82) is 0 Å². The van der Waals surface area contributed by atoms with Gasteiger partial charge in [-0.25, -0.2) is 4.39 Å². The number of unbranched alkanes of at least 4 members (excludes halogenated alkanes) is 1. The Hall–Kier alpha value is -2.35. The standard InChI is InChI=1S/C23H32FN3O4/c24-19-5-6-20-21(16-19)30-17-23(28)27(20)11-3-10-26-12-7-18(8-13-26)4-1-2-14-29-22-9-15-31-25-22/h5-6,16,18H,1-4,7-15,17H2. The molecule has 1 saturated heterocycles. The van der Waals surface area contributed by atoms with Crippen molar-refractivity contribution < 1.29 is 23.5 Å². The molecule has 3 heterocycles.